The highest BCUT2D eigenvalue weighted by Gasteiger charge is 2.42. The Morgan fingerprint density at radius 3 is 2.79 bits per heavy atom. The van der Waals surface area contributed by atoms with Gasteiger partial charge >= 0.3 is 0 Å². The van der Waals surface area contributed by atoms with Gasteiger partial charge in [-0.2, -0.15) is 0 Å². The minimum atomic E-state index is -1.01. The van der Waals surface area contributed by atoms with Gasteiger partial charge in [0.15, 0.2) is 0 Å². The zero-order valence-corrected chi connectivity index (χ0v) is 19.6. The van der Waals surface area contributed by atoms with Crippen molar-refractivity contribution >= 4 is 23.2 Å². The quantitative estimate of drug-likeness (QED) is 0.507. The molecule has 1 aromatic carbocycles. The van der Waals surface area contributed by atoms with E-state index in [0.29, 0.717) is 19.7 Å². The van der Waals surface area contributed by atoms with Crippen LogP contribution in [0.4, 0.5) is 0 Å². The van der Waals surface area contributed by atoms with Crippen molar-refractivity contribution in [3.8, 4) is 10.4 Å². The number of amides is 2. The summed E-state index contributed by atoms with van der Waals surface area (Å²) in [7, 11) is 0. The minimum Gasteiger partial charge on any atom is -0.391 e. The summed E-state index contributed by atoms with van der Waals surface area (Å²) in [6, 6.07) is 6.79. The van der Waals surface area contributed by atoms with E-state index in [1.165, 1.54) is 9.80 Å². The fraction of sp³-hybridized carbons (Fsp3) is 0.522. The van der Waals surface area contributed by atoms with Crippen LogP contribution in [0.3, 0.4) is 0 Å². The summed E-state index contributed by atoms with van der Waals surface area (Å²) >= 11 is 1.60. The van der Waals surface area contributed by atoms with Gasteiger partial charge in [0.1, 0.15) is 18.9 Å². The second-order valence-electron chi connectivity index (χ2n) is 8.55. The number of hydrogen-bond acceptors (Lipinski definition) is 8. The van der Waals surface area contributed by atoms with Gasteiger partial charge in [0.25, 0.3) is 0 Å². The number of ether oxygens (including phenoxy) is 1. The van der Waals surface area contributed by atoms with Gasteiger partial charge in [0.05, 0.1) is 34.8 Å². The maximum absolute atomic E-state index is 13.1. The van der Waals surface area contributed by atoms with E-state index in [4.69, 9.17) is 4.74 Å². The number of rotatable bonds is 7. The van der Waals surface area contributed by atoms with Crippen LogP contribution in [-0.4, -0.2) is 87.5 Å². The number of nitrogens with one attached hydrogen (secondary N) is 1. The summed E-state index contributed by atoms with van der Waals surface area (Å²) < 4.78 is 5.14. The molecule has 0 saturated carbocycles. The molecule has 3 heterocycles. The molecular formula is C23H30N4O5S. The van der Waals surface area contributed by atoms with Gasteiger partial charge < -0.3 is 24.7 Å². The molecule has 178 valence electrons. The van der Waals surface area contributed by atoms with Gasteiger partial charge in [0.2, 0.25) is 11.8 Å². The second-order valence-corrected chi connectivity index (χ2v) is 9.41. The fourth-order valence-electron chi connectivity index (χ4n) is 4.42. The van der Waals surface area contributed by atoms with Crippen LogP contribution >= 0.6 is 11.3 Å². The first-order valence-corrected chi connectivity index (χ1v) is 12.0. The Hall–Kier alpha value is -2.37. The third kappa shape index (κ3) is 5.25. The van der Waals surface area contributed by atoms with E-state index in [1.54, 1.807) is 18.3 Å². The number of β-amino-alcohol motifs (C(OH)–C–C–N with tert-alkyl or cyclic N) is 1. The topological polar surface area (TPSA) is 115 Å². The molecule has 3 N–H and O–H groups in total. The molecule has 0 bridgehead atoms. The van der Waals surface area contributed by atoms with Crippen molar-refractivity contribution in [1.29, 1.82) is 0 Å². The molecule has 2 aliphatic rings. The van der Waals surface area contributed by atoms with E-state index in [0.717, 1.165) is 21.7 Å². The van der Waals surface area contributed by atoms with Crippen LogP contribution in [0, 0.1) is 6.92 Å². The molecule has 4 atom stereocenters. The average Bonchev–Trinajstić information content (AvgIpc) is 3.42. The Morgan fingerprint density at radius 2 is 2.12 bits per heavy atom. The highest BCUT2D eigenvalue weighted by Crippen LogP contribution is 2.27. The third-order valence-electron chi connectivity index (χ3n) is 6.29. The summed E-state index contributed by atoms with van der Waals surface area (Å²) in [5.41, 5.74) is 4.92. The van der Waals surface area contributed by atoms with Gasteiger partial charge in [-0.25, -0.2) is 4.98 Å². The molecule has 0 aliphatic carbocycles. The van der Waals surface area contributed by atoms with Crippen molar-refractivity contribution in [3.05, 3.63) is 41.0 Å². The summed E-state index contributed by atoms with van der Waals surface area (Å²) in [6.07, 6.45) is -1.46. The number of aliphatic hydroxyl groups is 2. The third-order valence-corrected chi connectivity index (χ3v) is 7.27. The maximum Gasteiger partial charge on any atom is 0.249 e. The zero-order valence-electron chi connectivity index (χ0n) is 18.8. The standard InChI is InChI=1S/C23H30N4O5S/c1-14-21(33-13-25-14)17-5-3-16(4-6-17)10-24-22(30)19-9-18(28)11-27(19)23(31)15(2)26-7-8-32-12-20(26)29/h3-6,13,15,18-19,22,24,28,30H,7-12H2,1-2H3/t15?,18-,19+,22?/m1/s1. The number of hydrogen-bond donors (Lipinski definition) is 3. The fourth-order valence-corrected chi connectivity index (χ4v) is 5.23. The number of carbonyl (C=O) groups excluding carboxylic acids is 2. The Balaban J connectivity index is 1.37. The largest absolute Gasteiger partial charge is 0.391 e. The first-order chi connectivity index (χ1) is 15.8. The van der Waals surface area contributed by atoms with Crippen molar-refractivity contribution in [3.63, 3.8) is 0 Å². The SMILES string of the molecule is Cc1ncsc1-c1ccc(CNC(O)[C@@H]2C[C@@H](O)CN2C(=O)C(C)N2CCOCC2=O)cc1. The van der Waals surface area contributed by atoms with E-state index in [9.17, 15) is 19.8 Å². The number of thiazole rings is 1. The number of nitrogens with zero attached hydrogens (tertiary/aromatic N) is 3. The van der Waals surface area contributed by atoms with Crippen LogP contribution in [0.15, 0.2) is 29.8 Å². The predicted molar refractivity (Wildman–Crippen MR) is 123 cm³/mol. The molecule has 0 radical (unpaired) electrons. The Kier molecular flexibility index (Phi) is 7.40. The van der Waals surface area contributed by atoms with Gasteiger partial charge in [-0.1, -0.05) is 24.3 Å². The predicted octanol–water partition coefficient (Wildman–Crippen LogP) is 0.736. The van der Waals surface area contributed by atoms with E-state index < -0.39 is 24.4 Å². The number of aryl methyl sites for hydroxylation is 1. The molecule has 10 heteroatoms. The number of benzene rings is 1. The zero-order chi connectivity index (χ0) is 23.5. The van der Waals surface area contributed by atoms with Crippen LogP contribution in [0.5, 0.6) is 0 Å². The summed E-state index contributed by atoms with van der Waals surface area (Å²) in [5.74, 6) is -0.508. The van der Waals surface area contributed by atoms with Crippen molar-refractivity contribution in [2.45, 2.75) is 51.2 Å². The molecule has 4 rings (SSSR count). The molecule has 1 aromatic heterocycles. The lowest BCUT2D eigenvalue weighted by Gasteiger charge is -2.36. The van der Waals surface area contributed by atoms with Crippen molar-refractivity contribution in [2.24, 2.45) is 0 Å². The highest BCUT2D eigenvalue weighted by molar-refractivity contribution is 7.13. The van der Waals surface area contributed by atoms with Crippen molar-refractivity contribution in [2.75, 3.05) is 26.3 Å². The van der Waals surface area contributed by atoms with E-state index in [1.807, 2.05) is 36.7 Å². The van der Waals surface area contributed by atoms with Gasteiger partial charge in [-0.3, -0.25) is 14.9 Å². The van der Waals surface area contributed by atoms with Crippen LogP contribution < -0.4 is 5.32 Å². The first kappa shape index (κ1) is 23.8. The van der Waals surface area contributed by atoms with Gasteiger partial charge in [-0.05, 0) is 31.4 Å². The molecule has 9 nitrogen and oxygen atoms in total. The number of aliphatic hydroxyl groups excluding tert-OH is 2. The van der Waals surface area contributed by atoms with Crippen LogP contribution in [-0.2, 0) is 20.9 Å². The van der Waals surface area contributed by atoms with Crippen LogP contribution in [0.25, 0.3) is 10.4 Å². The number of morpholine rings is 1. The summed E-state index contributed by atoms with van der Waals surface area (Å²) in [5, 5.41) is 24.1. The van der Waals surface area contributed by atoms with Crippen LogP contribution in [0.2, 0.25) is 0 Å². The van der Waals surface area contributed by atoms with Gasteiger partial charge in [-0.15, -0.1) is 11.3 Å². The molecule has 2 amide bonds. The summed E-state index contributed by atoms with van der Waals surface area (Å²) in [6.45, 7) is 4.92. The average molecular weight is 475 g/mol. The van der Waals surface area contributed by atoms with E-state index in [2.05, 4.69) is 10.3 Å². The molecule has 2 fully saturated rings. The van der Waals surface area contributed by atoms with E-state index >= 15 is 0 Å². The lowest BCUT2D eigenvalue weighted by Crippen LogP contribution is -2.57. The lowest BCUT2D eigenvalue weighted by atomic mass is 10.1. The highest BCUT2D eigenvalue weighted by atomic mass is 32.1. The Bertz CT molecular complexity index is 981. The molecule has 2 aromatic rings. The molecule has 33 heavy (non-hydrogen) atoms. The lowest BCUT2D eigenvalue weighted by molar-refractivity contribution is -0.154. The minimum absolute atomic E-state index is 0.0325. The van der Waals surface area contributed by atoms with Crippen LogP contribution in [0.1, 0.15) is 24.6 Å². The number of likely N-dealkylation sites (tertiary alicyclic amines) is 1. The number of carbonyl (C=O) groups is 2. The smallest absolute Gasteiger partial charge is 0.249 e. The molecule has 2 aliphatic heterocycles. The molecule has 2 unspecified atom stereocenters. The van der Waals surface area contributed by atoms with Gasteiger partial charge in [0, 0.05) is 19.6 Å². The summed E-state index contributed by atoms with van der Waals surface area (Å²) in [4.78, 5) is 33.7. The maximum atomic E-state index is 13.1. The normalized spacial score (nSPS) is 23.1. The Morgan fingerprint density at radius 1 is 1.36 bits per heavy atom. The molecule has 0 spiro atoms. The van der Waals surface area contributed by atoms with E-state index in [-0.39, 0.29) is 31.4 Å². The first-order valence-electron chi connectivity index (χ1n) is 11.1. The molecule has 2 saturated heterocycles. The van der Waals surface area contributed by atoms with Crippen molar-refractivity contribution < 1.29 is 24.5 Å². The monoisotopic (exact) mass is 474 g/mol. The van der Waals surface area contributed by atoms with Crippen molar-refractivity contribution in [1.82, 2.24) is 20.1 Å². The number of aromatic nitrogens is 1. The Labute approximate surface area is 197 Å². The second kappa shape index (κ2) is 10.3. The molecular weight excluding hydrogens is 444 g/mol.